The summed E-state index contributed by atoms with van der Waals surface area (Å²) in [4.78, 5) is 12.3. The molecular weight excluding hydrogens is 264 g/mol. The molecule has 4 nitrogen and oxygen atoms in total. The summed E-state index contributed by atoms with van der Waals surface area (Å²) in [6.07, 6.45) is 2.09. The monoisotopic (exact) mass is 282 g/mol. The molecule has 21 heavy (non-hydrogen) atoms. The van der Waals surface area contributed by atoms with E-state index >= 15 is 0 Å². The van der Waals surface area contributed by atoms with E-state index in [0.717, 1.165) is 30.6 Å². The van der Waals surface area contributed by atoms with Crippen LogP contribution >= 0.6 is 0 Å². The van der Waals surface area contributed by atoms with Crippen LogP contribution in [0.15, 0.2) is 36.4 Å². The third-order valence-electron chi connectivity index (χ3n) is 3.76. The van der Waals surface area contributed by atoms with E-state index in [-0.39, 0.29) is 11.7 Å². The predicted octanol–water partition coefficient (Wildman–Crippen LogP) is 3.31. The van der Waals surface area contributed by atoms with Crippen molar-refractivity contribution in [3.63, 3.8) is 0 Å². The van der Waals surface area contributed by atoms with Gasteiger partial charge in [-0.2, -0.15) is 0 Å². The van der Waals surface area contributed by atoms with E-state index in [9.17, 15) is 9.90 Å². The smallest absolute Gasteiger partial charge is 0.255 e. The Bertz CT molecular complexity index is 695. The summed E-state index contributed by atoms with van der Waals surface area (Å²) in [6, 6.07) is 10.8. The summed E-state index contributed by atoms with van der Waals surface area (Å²) in [5, 5.41) is 15.7. The highest BCUT2D eigenvalue weighted by Gasteiger charge is 2.13. The zero-order valence-corrected chi connectivity index (χ0v) is 11.9. The maximum atomic E-state index is 12.3. The standard InChI is InChI=1S/C17H18N2O2/c1-11-9-14(5-7-16(11)20)19-17(21)13-4-6-15-12(10-13)3-2-8-18-15/h4-7,9-10,18,20H,2-3,8H2,1H3,(H,19,21). The third kappa shape index (κ3) is 2.84. The van der Waals surface area contributed by atoms with E-state index in [0.29, 0.717) is 11.3 Å². The van der Waals surface area contributed by atoms with Gasteiger partial charge in [0.15, 0.2) is 0 Å². The highest BCUT2D eigenvalue weighted by molar-refractivity contribution is 6.04. The van der Waals surface area contributed by atoms with E-state index in [2.05, 4.69) is 10.6 Å². The number of aromatic hydroxyl groups is 1. The minimum Gasteiger partial charge on any atom is -0.508 e. The molecule has 0 aliphatic carbocycles. The van der Waals surface area contributed by atoms with Crippen molar-refractivity contribution in [3.8, 4) is 5.75 Å². The Morgan fingerprint density at radius 1 is 1.24 bits per heavy atom. The number of carbonyl (C=O) groups is 1. The molecule has 1 heterocycles. The van der Waals surface area contributed by atoms with Gasteiger partial charge in [0.1, 0.15) is 5.75 Å². The molecule has 3 N–H and O–H groups in total. The summed E-state index contributed by atoms with van der Waals surface area (Å²) in [7, 11) is 0. The Morgan fingerprint density at radius 3 is 2.90 bits per heavy atom. The van der Waals surface area contributed by atoms with Crippen LogP contribution < -0.4 is 10.6 Å². The number of phenolic OH excluding ortho intramolecular Hbond substituents is 1. The quantitative estimate of drug-likeness (QED) is 0.741. The first-order valence-corrected chi connectivity index (χ1v) is 7.11. The van der Waals surface area contributed by atoms with Crippen molar-refractivity contribution in [1.29, 1.82) is 0 Å². The van der Waals surface area contributed by atoms with Crippen LogP contribution in [0.4, 0.5) is 11.4 Å². The van der Waals surface area contributed by atoms with Gasteiger partial charge in [-0.05, 0) is 67.3 Å². The molecule has 0 atom stereocenters. The molecule has 0 fully saturated rings. The lowest BCUT2D eigenvalue weighted by Crippen LogP contribution is -2.15. The summed E-state index contributed by atoms with van der Waals surface area (Å²) < 4.78 is 0. The normalized spacial score (nSPS) is 13.2. The molecule has 0 saturated heterocycles. The SMILES string of the molecule is Cc1cc(NC(=O)c2ccc3c(c2)CCCN3)ccc1O. The first-order valence-electron chi connectivity index (χ1n) is 7.11. The number of carbonyl (C=O) groups excluding carboxylic acids is 1. The van der Waals surface area contributed by atoms with Gasteiger partial charge in [-0.15, -0.1) is 0 Å². The van der Waals surface area contributed by atoms with Gasteiger partial charge >= 0.3 is 0 Å². The maximum Gasteiger partial charge on any atom is 0.255 e. The van der Waals surface area contributed by atoms with Gasteiger partial charge in [-0.3, -0.25) is 4.79 Å². The van der Waals surface area contributed by atoms with Crippen molar-refractivity contribution >= 4 is 17.3 Å². The van der Waals surface area contributed by atoms with E-state index in [4.69, 9.17) is 0 Å². The molecule has 0 spiro atoms. The number of hydrogen-bond acceptors (Lipinski definition) is 3. The Hall–Kier alpha value is -2.49. The van der Waals surface area contributed by atoms with Gasteiger partial charge in [0, 0.05) is 23.5 Å². The van der Waals surface area contributed by atoms with E-state index in [1.165, 1.54) is 5.56 Å². The average molecular weight is 282 g/mol. The molecule has 0 bridgehead atoms. The van der Waals surface area contributed by atoms with Crippen molar-refractivity contribution < 1.29 is 9.90 Å². The number of amides is 1. The van der Waals surface area contributed by atoms with Crippen LogP contribution in [0.25, 0.3) is 0 Å². The number of benzene rings is 2. The second-order valence-corrected chi connectivity index (χ2v) is 5.36. The molecule has 4 heteroatoms. The van der Waals surface area contributed by atoms with Crippen LogP contribution in [0.1, 0.15) is 27.9 Å². The molecule has 1 aliphatic rings. The molecule has 0 unspecified atom stereocenters. The molecule has 1 aliphatic heterocycles. The fraction of sp³-hybridized carbons (Fsp3) is 0.235. The maximum absolute atomic E-state index is 12.3. The minimum atomic E-state index is -0.131. The van der Waals surface area contributed by atoms with Gasteiger partial charge < -0.3 is 15.7 Å². The number of nitrogens with one attached hydrogen (secondary N) is 2. The fourth-order valence-electron chi connectivity index (χ4n) is 2.55. The van der Waals surface area contributed by atoms with Gasteiger partial charge in [-0.25, -0.2) is 0 Å². The molecule has 0 saturated carbocycles. The lowest BCUT2D eigenvalue weighted by molar-refractivity contribution is 0.102. The minimum absolute atomic E-state index is 0.131. The summed E-state index contributed by atoms with van der Waals surface area (Å²) in [5.74, 6) is 0.0984. The lowest BCUT2D eigenvalue weighted by atomic mass is 10.0. The fourth-order valence-corrected chi connectivity index (χ4v) is 2.55. The lowest BCUT2D eigenvalue weighted by Gasteiger charge is -2.18. The van der Waals surface area contributed by atoms with Crippen molar-refractivity contribution in [2.45, 2.75) is 19.8 Å². The second kappa shape index (κ2) is 5.48. The molecule has 2 aromatic rings. The van der Waals surface area contributed by atoms with Crippen LogP contribution in [-0.2, 0) is 6.42 Å². The van der Waals surface area contributed by atoms with E-state index in [1.54, 1.807) is 25.1 Å². The molecule has 2 aromatic carbocycles. The molecule has 0 aromatic heterocycles. The van der Waals surface area contributed by atoms with Gasteiger partial charge in [0.25, 0.3) is 5.91 Å². The predicted molar refractivity (Wildman–Crippen MR) is 84.0 cm³/mol. The highest BCUT2D eigenvalue weighted by atomic mass is 16.3. The topological polar surface area (TPSA) is 61.4 Å². The van der Waals surface area contributed by atoms with Crippen molar-refractivity contribution in [2.24, 2.45) is 0 Å². The zero-order valence-electron chi connectivity index (χ0n) is 11.9. The van der Waals surface area contributed by atoms with E-state index < -0.39 is 0 Å². The van der Waals surface area contributed by atoms with Crippen LogP contribution in [0, 0.1) is 6.92 Å². The molecule has 3 rings (SSSR count). The summed E-state index contributed by atoms with van der Waals surface area (Å²) in [5.41, 5.74) is 4.39. The number of hydrogen-bond donors (Lipinski definition) is 3. The Morgan fingerprint density at radius 2 is 2.10 bits per heavy atom. The Labute approximate surface area is 123 Å². The average Bonchev–Trinajstić information content (AvgIpc) is 2.50. The van der Waals surface area contributed by atoms with Crippen LogP contribution in [0.2, 0.25) is 0 Å². The van der Waals surface area contributed by atoms with Crippen molar-refractivity contribution in [3.05, 3.63) is 53.1 Å². The van der Waals surface area contributed by atoms with Crippen LogP contribution in [0.5, 0.6) is 5.75 Å². The summed E-state index contributed by atoms with van der Waals surface area (Å²) >= 11 is 0. The number of aryl methyl sites for hydroxylation is 2. The number of fused-ring (bicyclic) bond motifs is 1. The van der Waals surface area contributed by atoms with Gasteiger partial charge in [-0.1, -0.05) is 0 Å². The molecule has 0 radical (unpaired) electrons. The first kappa shape index (κ1) is 13.5. The first-order chi connectivity index (χ1) is 10.1. The van der Waals surface area contributed by atoms with Gasteiger partial charge in [0.2, 0.25) is 0 Å². The van der Waals surface area contributed by atoms with Crippen LogP contribution in [0.3, 0.4) is 0 Å². The second-order valence-electron chi connectivity index (χ2n) is 5.36. The van der Waals surface area contributed by atoms with E-state index in [1.807, 2.05) is 18.2 Å². The Balaban J connectivity index is 1.80. The van der Waals surface area contributed by atoms with Gasteiger partial charge in [0.05, 0.1) is 0 Å². The number of anilines is 2. The summed E-state index contributed by atoms with van der Waals surface area (Å²) in [6.45, 7) is 2.79. The molecule has 108 valence electrons. The molecular formula is C17H18N2O2. The van der Waals surface area contributed by atoms with Crippen molar-refractivity contribution in [2.75, 3.05) is 17.2 Å². The molecule has 1 amide bonds. The van der Waals surface area contributed by atoms with Crippen LogP contribution in [-0.4, -0.2) is 17.6 Å². The third-order valence-corrected chi connectivity index (χ3v) is 3.76. The van der Waals surface area contributed by atoms with Crippen molar-refractivity contribution in [1.82, 2.24) is 0 Å². The largest absolute Gasteiger partial charge is 0.508 e. The highest BCUT2D eigenvalue weighted by Crippen LogP contribution is 2.24. The number of phenols is 1. The zero-order chi connectivity index (χ0) is 14.8. The Kier molecular flexibility index (Phi) is 3.52. The number of rotatable bonds is 2.